The first kappa shape index (κ1) is 9.92. The monoisotopic (exact) mass is 220 g/mol. The molecule has 0 saturated heterocycles. The Morgan fingerprint density at radius 3 is 3.00 bits per heavy atom. The van der Waals surface area contributed by atoms with Crippen LogP contribution in [0.3, 0.4) is 0 Å². The van der Waals surface area contributed by atoms with E-state index in [9.17, 15) is 0 Å². The maximum Gasteiger partial charge on any atom is 0.129 e. The van der Waals surface area contributed by atoms with Gasteiger partial charge in [0, 0.05) is 5.38 Å². The topological polar surface area (TPSA) is 63.8 Å². The average Bonchev–Trinajstić information content (AvgIpc) is 2.69. The predicted octanol–water partition coefficient (Wildman–Crippen LogP) is 2.04. The lowest BCUT2D eigenvalue weighted by Gasteiger charge is -2.07. The smallest absolute Gasteiger partial charge is 0.129 e. The van der Waals surface area contributed by atoms with Gasteiger partial charge in [-0.1, -0.05) is 0 Å². The first-order chi connectivity index (χ1) is 7.25. The molecule has 0 aliphatic rings. The van der Waals surface area contributed by atoms with E-state index in [1.54, 1.807) is 17.5 Å². The Morgan fingerprint density at radius 2 is 2.33 bits per heavy atom. The molecule has 0 aliphatic carbocycles. The number of nitrogens with two attached hydrogens (primary N) is 1. The second kappa shape index (κ2) is 4.27. The maximum atomic E-state index is 5.62. The fourth-order valence-corrected chi connectivity index (χ4v) is 1.84. The number of nitrogens with zero attached hydrogens (tertiary/aromatic N) is 2. The molecular weight excluding hydrogens is 208 g/mol. The highest BCUT2D eigenvalue weighted by molar-refractivity contribution is 7.07. The van der Waals surface area contributed by atoms with Gasteiger partial charge in [-0.15, -0.1) is 11.3 Å². The Balaban J connectivity index is 2.05. The molecule has 0 radical (unpaired) electrons. The number of rotatable bonds is 3. The van der Waals surface area contributed by atoms with Gasteiger partial charge in [0.15, 0.2) is 0 Å². The van der Waals surface area contributed by atoms with Crippen molar-refractivity contribution in [1.29, 1.82) is 0 Å². The second-order valence-corrected chi connectivity index (χ2v) is 3.99. The van der Waals surface area contributed by atoms with Crippen LogP contribution in [0.4, 0.5) is 11.5 Å². The molecule has 2 rings (SSSR count). The van der Waals surface area contributed by atoms with E-state index in [0.29, 0.717) is 12.2 Å². The predicted molar refractivity (Wildman–Crippen MR) is 62.8 cm³/mol. The van der Waals surface area contributed by atoms with Crippen LogP contribution in [0.1, 0.15) is 11.3 Å². The molecule has 0 fully saturated rings. The normalized spacial score (nSPS) is 10.2. The molecule has 2 heterocycles. The Morgan fingerprint density at radius 1 is 1.47 bits per heavy atom. The van der Waals surface area contributed by atoms with Gasteiger partial charge >= 0.3 is 0 Å². The van der Waals surface area contributed by atoms with Crippen LogP contribution in [0.15, 0.2) is 23.2 Å². The molecule has 3 N–H and O–H groups in total. The zero-order valence-corrected chi connectivity index (χ0v) is 9.21. The number of hydrogen-bond acceptors (Lipinski definition) is 5. The van der Waals surface area contributed by atoms with E-state index in [4.69, 9.17) is 5.73 Å². The summed E-state index contributed by atoms with van der Waals surface area (Å²) in [6.07, 6.45) is 1.65. The zero-order valence-electron chi connectivity index (χ0n) is 8.40. The van der Waals surface area contributed by atoms with Crippen molar-refractivity contribution in [2.24, 2.45) is 0 Å². The lowest BCUT2D eigenvalue weighted by molar-refractivity contribution is 1.05. The summed E-state index contributed by atoms with van der Waals surface area (Å²) in [6, 6.07) is 1.90. The van der Waals surface area contributed by atoms with Crippen LogP contribution in [-0.4, -0.2) is 9.97 Å². The van der Waals surface area contributed by atoms with Crippen molar-refractivity contribution in [3.05, 3.63) is 34.4 Å². The van der Waals surface area contributed by atoms with Gasteiger partial charge in [-0.25, -0.2) is 9.97 Å². The van der Waals surface area contributed by atoms with Crippen LogP contribution in [0.5, 0.6) is 0 Å². The average molecular weight is 220 g/mol. The van der Waals surface area contributed by atoms with Crippen molar-refractivity contribution in [2.45, 2.75) is 13.5 Å². The molecule has 0 atom stereocenters. The van der Waals surface area contributed by atoms with E-state index in [0.717, 1.165) is 17.1 Å². The first-order valence-electron chi connectivity index (χ1n) is 4.59. The summed E-state index contributed by atoms with van der Waals surface area (Å²) in [4.78, 5) is 8.40. The van der Waals surface area contributed by atoms with Crippen LogP contribution >= 0.6 is 11.3 Å². The van der Waals surface area contributed by atoms with E-state index < -0.39 is 0 Å². The summed E-state index contributed by atoms with van der Waals surface area (Å²) in [5, 5.41) is 5.23. The molecular formula is C10H12N4S. The lowest BCUT2D eigenvalue weighted by Crippen LogP contribution is -2.03. The van der Waals surface area contributed by atoms with Crippen molar-refractivity contribution in [3.8, 4) is 0 Å². The molecule has 0 amide bonds. The maximum absolute atomic E-state index is 5.62. The summed E-state index contributed by atoms with van der Waals surface area (Å²) >= 11 is 1.59. The van der Waals surface area contributed by atoms with Crippen molar-refractivity contribution >= 4 is 22.8 Å². The minimum atomic E-state index is 0.687. The Labute approximate surface area is 92.2 Å². The van der Waals surface area contributed by atoms with Gasteiger partial charge in [0.2, 0.25) is 0 Å². The number of aromatic nitrogens is 2. The standard InChI is InChI=1S/C10H12N4S/c1-7-2-8(11)3-12-10(7)13-4-9-5-15-6-14-9/h2-3,5-6H,4,11H2,1H3,(H,12,13). The van der Waals surface area contributed by atoms with Gasteiger partial charge in [0.05, 0.1) is 29.6 Å². The van der Waals surface area contributed by atoms with Crippen LogP contribution < -0.4 is 11.1 Å². The molecule has 2 aromatic heterocycles. The van der Waals surface area contributed by atoms with Crippen LogP contribution in [0.2, 0.25) is 0 Å². The molecule has 0 aromatic carbocycles. The summed E-state index contributed by atoms with van der Waals surface area (Å²) in [5.74, 6) is 0.859. The summed E-state index contributed by atoms with van der Waals surface area (Å²) in [5.41, 5.74) is 10.2. The van der Waals surface area contributed by atoms with E-state index in [2.05, 4.69) is 15.3 Å². The van der Waals surface area contributed by atoms with E-state index in [1.165, 1.54) is 0 Å². The number of hydrogen-bond donors (Lipinski definition) is 2. The number of pyridine rings is 1. The third-order valence-corrected chi connectivity index (χ3v) is 2.66. The van der Waals surface area contributed by atoms with Crippen molar-refractivity contribution in [3.63, 3.8) is 0 Å². The number of nitrogen functional groups attached to an aromatic ring is 1. The van der Waals surface area contributed by atoms with E-state index in [1.807, 2.05) is 23.9 Å². The van der Waals surface area contributed by atoms with Crippen molar-refractivity contribution < 1.29 is 0 Å². The SMILES string of the molecule is Cc1cc(N)cnc1NCc1cscn1. The summed E-state index contributed by atoms with van der Waals surface area (Å²) < 4.78 is 0. The van der Waals surface area contributed by atoms with Gasteiger partial charge in [-0.2, -0.15) is 0 Å². The molecule has 0 bridgehead atoms. The molecule has 0 unspecified atom stereocenters. The highest BCUT2D eigenvalue weighted by Crippen LogP contribution is 2.14. The highest BCUT2D eigenvalue weighted by Gasteiger charge is 2.00. The fraction of sp³-hybridized carbons (Fsp3) is 0.200. The molecule has 5 heteroatoms. The van der Waals surface area contributed by atoms with Gasteiger partial charge in [0.1, 0.15) is 5.82 Å². The number of aryl methyl sites for hydroxylation is 1. The Kier molecular flexibility index (Phi) is 2.82. The van der Waals surface area contributed by atoms with Crippen molar-refractivity contribution in [1.82, 2.24) is 9.97 Å². The number of nitrogens with one attached hydrogen (secondary N) is 1. The van der Waals surface area contributed by atoms with Crippen LogP contribution in [0.25, 0.3) is 0 Å². The molecule has 78 valence electrons. The molecule has 2 aromatic rings. The van der Waals surface area contributed by atoms with Crippen LogP contribution in [-0.2, 0) is 6.54 Å². The number of anilines is 2. The third-order valence-electron chi connectivity index (χ3n) is 2.02. The largest absolute Gasteiger partial charge is 0.397 e. The molecule has 0 saturated carbocycles. The Hall–Kier alpha value is -1.62. The summed E-state index contributed by atoms with van der Waals surface area (Å²) in [6.45, 7) is 2.67. The zero-order chi connectivity index (χ0) is 10.7. The Bertz CT molecular complexity index is 439. The van der Waals surface area contributed by atoms with Gasteiger partial charge in [-0.05, 0) is 18.6 Å². The minimum Gasteiger partial charge on any atom is -0.397 e. The molecule has 4 nitrogen and oxygen atoms in total. The molecule has 0 spiro atoms. The first-order valence-corrected chi connectivity index (χ1v) is 5.53. The summed E-state index contributed by atoms with van der Waals surface area (Å²) in [7, 11) is 0. The number of thiazole rings is 1. The third kappa shape index (κ3) is 2.44. The van der Waals surface area contributed by atoms with E-state index in [-0.39, 0.29) is 0 Å². The fourth-order valence-electron chi connectivity index (χ4n) is 1.28. The van der Waals surface area contributed by atoms with Crippen LogP contribution in [0, 0.1) is 6.92 Å². The van der Waals surface area contributed by atoms with E-state index >= 15 is 0 Å². The second-order valence-electron chi connectivity index (χ2n) is 3.27. The molecule has 15 heavy (non-hydrogen) atoms. The molecule has 0 aliphatic heterocycles. The lowest BCUT2D eigenvalue weighted by atomic mass is 10.2. The minimum absolute atomic E-state index is 0.687. The van der Waals surface area contributed by atoms with Gasteiger partial charge in [0.25, 0.3) is 0 Å². The highest BCUT2D eigenvalue weighted by atomic mass is 32.1. The quantitative estimate of drug-likeness (QED) is 0.830. The van der Waals surface area contributed by atoms with Crippen molar-refractivity contribution in [2.75, 3.05) is 11.1 Å². The van der Waals surface area contributed by atoms with Gasteiger partial charge < -0.3 is 11.1 Å². The van der Waals surface area contributed by atoms with Gasteiger partial charge in [-0.3, -0.25) is 0 Å².